The van der Waals surface area contributed by atoms with Crippen LogP contribution in [0.2, 0.25) is 5.02 Å². The fourth-order valence-corrected chi connectivity index (χ4v) is 3.67. The van der Waals surface area contributed by atoms with Crippen molar-refractivity contribution in [3.8, 4) is 11.6 Å². The van der Waals surface area contributed by atoms with E-state index in [0.29, 0.717) is 36.0 Å². The van der Waals surface area contributed by atoms with E-state index in [1.165, 1.54) is 12.4 Å². The predicted octanol–water partition coefficient (Wildman–Crippen LogP) is 4.55. The van der Waals surface area contributed by atoms with E-state index >= 15 is 0 Å². The summed E-state index contributed by atoms with van der Waals surface area (Å²) in [6, 6.07) is 11.5. The van der Waals surface area contributed by atoms with Gasteiger partial charge in [0.2, 0.25) is 5.88 Å². The molecule has 4 rings (SSSR count). The number of hydrogen-bond acceptors (Lipinski definition) is 5. The van der Waals surface area contributed by atoms with E-state index in [9.17, 15) is 13.6 Å². The highest BCUT2D eigenvalue weighted by atomic mass is 35.5. The first-order valence-electron chi connectivity index (χ1n) is 9.67. The van der Waals surface area contributed by atoms with E-state index in [1.54, 1.807) is 35.2 Å². The number of carbonyl (C=O) groups is 1. The smallest absolute Gasteiger partial charge is 0.254 e. The largest absolute Gasteiger partial charge is 0.436 e. The van der Waals surface area contributed by atoms with Crippen molar-refractivity contribution >= 4 is 23.3 Å². The molecule has 1 aliphatic rings. The van der Waals surface area contributed by atoms with Gasteiger partial charge in [-0.05, 0) is 37.3 Å². The van der Waals surface area contributed by atoms with Gasteiger partial charge in [-0.1, -0.05) is 17.7 Å². The van der Waals surface area contributed by atoms with E-state index in [0.717, 1.165) is 12.1 Å². The van der Waals surface area contributed by atoms with Crippen LogP contribution in [0.1, 0.15) is 17.3 Å². The van der Waals surface area contributed by atoms with Gasteiger partial charge < -0.3 is 14.5 Å². The van der Waals surface area contributed by atoms with E-state index in [-0.39, 0.29) is 23.6 Å². The van der Waals surface area contributed by atoms with Crippen molar-refractivity contribution in [2.24, 2.45) is 0 Å². The summed E-state index contributed by atoms with van der Waals surface area (Å²) < 4.78 is 32.4. The van der Waals surface area contributed by atoms with E-state index in [1.807, 2.05) is 11.8 Å². The van der Waals surface area contributed by atoms with Crippen LogP contribution in [-0.2, 0) is 0 Å². The lowest BCUT2D eigenvalue weighted by Gasteiger charge is -2.40. The van der Waals surface area contributed by atoms with Gasteiger partial charge in [0.1, 0.15) is 18.0 Å². The molecule has 9 heteroatoms. The van der Waals surface area contributed by atoms with Gasteiger partial charge in [-0.2, -0.15) is 0 Å². The van der Waals surface area contributed by atoms with Crippen LogP contribution in [0, 0.1) is 11.6 Å². The number of anilines is 1. The number of carbonyl (C=O) groups excluding carboxylic acids is 1. The Labute approximate surface area is 183 Å². The van der Waals surface area contributed by atoms with E-state index < -0.39 is 11.6 Å². The Morgan fingerprint density at radius 3 is 2.71 bits per heavy atom. The van der Waals surface area contributed by atoms with Crippen LogP contribution in [0.4, 0.5) is 14.6 Å². The molecule has 1 amide bonds. The van der Waals surface area contributed by atoms with Crippen LogP contribution < -0.4 is 9.64 Å². The highest BCUT2D eigenvalue weighted by Crippen LogP contribution is 2.26. The van der Waals surface area contributed by atoms with Crippen LogP contribution >= 0.6 is 11.6 Å². The summed E-state index contributed by atoms with van der Waals surface area (Å²) >= 11 is 6.01. The lowest BCUT2D eigenvalue weighted by atomic mass is 10.1. The molecule has 160 valence electrons. The Balaban J connectivity index is 1.45. The maximum atomic E-state index is 13.9. The Morgan fingerprint density at radius 1 is 1.13 bits per heavy atom. The second kappa shape index (κ2) is 8.85. The minimum Gasteiger partial charge on any atom is -0.436 e. The minimum atomic E-state index is -0.818. The lowest BCUT2D eigenvalue weighted by molar-refractivity contribution is 0.0673. The zero-order valence-electron chi connectivity index (χ0n) is 16.6. The van der Waals surface area contributed by atoms with Gasteiger partial charge in [0, 0.05) is 48.4 Å². The molecule has 3 aromatic rings. The summed E-state index contributed by atoms with van der Waals surface area (Å²) in [5, 5.41) is 0.517. The molecule has 0 bridgehead atoms. The first kappa shape index (κ1) is 21.0. The molecule has 1 aromatic heterocycles. The van der Waals surface area contributed by atoms with Crippen LogP contribution in [0.15, 0.2) is 54.9 Å². The van der Waals surface area contributed by atoms with Crippen LogP contribution in [0.25, 0.3) is 0 Å². The molecular formula is C22H19ClF2N4O2. The number of aromatic nitrogens is 2. The molecule has 1 atom stereocenters. The molecule has 0 radical (unpaired) electrons. The SMILES string of the molecule is C[C@@H]1CN(c2cc(Oc3ccc(F)cc3F)ncn2)CCN1C(=O)c1cccc(Cl)c1. The van der Waals surface area contributed by atoms with Crippen molar-refractivity contribution in [1.29, 1.82) is 0 Å². The number of amides is 1. The number of piperazine rings is 1. The lowest BCUT2D eigenvalue weighted by Crippen LogP contribution is -2.54. The monoisotopic (exact) mass is 444 g/mol. The summed E-state index contributed by atoms with van der Waals surface area (Å²) in [5.41, 5.74) is 0.548. The molecule has 0 saturated carbocycles. The van der Waals surface area contributed by atoms with Gasteiger partial charge in [-0.3, -0.25) is 4.79 Å². The average molecular weight is 445 g/mol. The summed E-state index contributed by atoms with van der Waals surface area (Å²) in [5.74, 6) is -0.978. The quantitative estimate of drug-likeness (QED) is 0.590. The number of nitrogens with zero attached hydrogens (tertiary/aromatic N) is 4. The van der Waals surface area contributed by atoms with Gasteiger partial charge in [0.05, 0.1) is 0 Å². The number of ether oxygens (including phenoxy) is 1. The van der Waals surface area contributed by atoms with Crippen molar-refractivity contribution < 1.29 is 18.3 Å². The maximum Gasteiger partial charge on any atom is 0.254 e. The van der Waals surface area contributed by atoms with Crippen molar-refractivity contribution in [2.75, 3.05) is 24.5 Å². The zero-order valence-corrected chi connectivity index (χ0v) is 17.4. The summed E-state index contributed by atoms with van der Waals surface area (Å²) in [4.78, 5) is 24.9. The van der Waals surface area contributed by atoms with Gasteiger partial charge in [-0.15, -0.1) is 0 Å². The summed E-state index contributed by atoms with van der Waals surface area (Å²) in [6.45, 7) is 3.56. The molecule has 2 aromatic carbocycles. The van der Waals surface area contributed by atoms with Crippen molar-refractivity contribution in [3.05, 3.63) is 77.1 Å². The van der Waals surface area contributed by atoms with Crippen LogP contribution in [0.5, 0.6) is 11.6 Å². The number of rotatable bonds is 4. The predicted molar refractivity (Wildman–Crippen MR) is 113 cm³/mol. The van der Waals surface area contributed by atoms with Crippen molar-refractivity contribution in [2.45, 2.75) is 13.0 Å². The van der Waals surface area contributed by atoms with Gasteiger partial charge in [0.15, 0.2) is 11.6 Å². The third kappa shape index (κ3) is 4.74. The van der Waals surface area contributed by atoms with Crippen molar-refractivity contribution in [3.63, 3.8) is 0 Å². The third-order valence-electron chi connectivity index (χ3n) is 5.02. The van der Waals surface area contributed by atoms with Crippen LogP contribution in [0.3, 0.4) is 0 Å². The molecule has 31 heavy (non-hydrogen) atoms. The Bertz CT molecular complexity index is 1110. The molecule has 0 N–H and O–H groups in total. The molecule has 0 spiro atoms. The third-order valence-corrected chi connectivity index (χ3v) is 5.26. The zero-order chi connectivity index (χ0) is 22.0. The second-order valence-electron chi connectivity index (χ2n) is 7.20. The van der Waals surface area contributed by atoms with E-state index in [4.69, 9.17) is 16.3 Å². The molecule has 1 aliphatic heterocycles. The Kier molecular flexibility index (Phi) is 5.99. The number of hydrogen-bond donors (Lipinski definition) is 0. The fourth-order valence-electron chi connectivity index (χ4n) is 3.48. The number of benzene rings is 2. The van der Waals surface area contributed by atoms with Crippen molar-refractivity contribution in [1.82, 2.24) is 14.9 Å². The Hall–Kier alpha value is -3.26. The molecular weight excluding hydrogens is 426 g/mol. The Morgan fingerprint density at radius 2 is 1.97 bits per heavy atom. The number of halogens is 3. The normalized spacial score (nSPS) is 16.3. The highest BCUT2D eigenvalue weighted by molar-refractivity contribution is 6.30. The molecule has 2 heterocycles. The molecule has 0 aliphatic carbocycles. The summed E-state index contributed by atoms with van der Waals surface area (Å²) in [6.07, 6.45) is 1.32. The topological polar surface area (TPSA) is 58.6 Å². The molecule has 1 fully saturated rings. The standard InChI is InChI=1S/C22H19ClF2N4O2/c1-14-12-28(7-8-29(14)22(30)15-3-2-4-16(23)9-15)20-11-21(27-13-26-20)31-19-6-5-17(24)10-18(19)25/h2-6,9-11,13-14H,7-8,12H2,1H3/t14-/m1/s1. The first-order chi connectivity index (χ1) is 14.9. The maximum absolute atomic E-state index is 13.9. The van der Waals surface area contributed by atoms with Gasteiger partial charge >= 0.3 is 0 Å². The highest BCUT2D eigenvalue weighted by Gasteiger charge is 2.29. The van der Waals surface area contributed by atoms with Gasteiger partial charge in [-0.25, -0.2) is 18.7 Å². The van der Waals surface area contributed by atoms with E-state index in [2.05, 4.69) is 9.97 Å². The minimum absolute atomic E-state index is 0.0749. The summed E-state index contributed by atoms with van der Waals surface area (Å²) in [7, 11) is 0. The molecule has 0 unspecified atom stereocenters. The average Bonchev–Trinajstić information content (AvgIpc) is 2.75. The fraction of sp³-hybridized carbons (Fsp3) is 0.227. The molecule has 1 saturated heterocycles. The van der Waals surface area contributed by atoms with Crippen LogP contribution in [-0.4, -0.2) is 46.5 Å². The molecule has 6 nitrogen and oxygen atoms in total. The van der Waals surface area contributed by atoms with Gasteiger partial charge in [0.25, 0.3) is 5.91 Å². The first-order valence-corrected chi connectivity index (χ1v) is 10.0. The second-order valence-corrected chi connectivity index (χ2v) is 7.63.